The van der Waals surface area contributed by atoms with Crippen LogP contribution in [0.15, 0.2) is 71.3 Å². The maximum absolute atomic E-state index is 12.3. The Morgan fingerprint density at radius 3 is 2.58 bits per heavy atom. The van der Waals surface area contributed by atoms with Crippen molar-refractivity contribution in [1.82, 2.24) is 15.0 Å². The third-order valence-corrected chi connectivity index (χ3v) is 4.18. The van der Waals surface area contributed by atoms with E-state index in [-0.39, 0.29) is 5.91 Å². The van der Waals surface area contributed by atoms with E-state index in [1.807, 2.05) is 48.5 Å². The summed E-state index contributed by atoms with van der Waals surface area (Å²) in [5.74, 6) is 1.17. The minimum absolute atomic E-state index is 0.299. The summed E-state index contributed by atoms with van der Waals surface area (Å²) in [6.07, 6.45) is 1.46. The van der Waals surface area contributed by atoms with Gasteiger partial charge in [0, 0.05) is 16.7 Å². The second kappa shape index (κ2) is 6.97. The largest absolute Gasteiger partial charge is 0.439 e. The van der Waals surface area contributed by atoms with E-state index in [9.17, 15) is 4.79 Å². The van der Waals surface area contributed by atoms with Gasteiger partial charge in [-0.3, -0.25) is 10.1 Å². The number of hydrogen-bond donors (Lipinski definition) is 2. The van der Waals surface area contributed by atoms with Gasteiger partial charge in [-0.25, -0.2) is 9.97 Å². The highest BCUT2D eigenvalue weighted by Gasteiger charge is 2.10. The average molecular weight is 409 g/mol. The summed E-state index contributed by atoms with van der Waals surface area (Å²) in [5.41, 5.74) is 2.06. The number of aromatic nitrogens is 3. The SMILES string of the molecule is O=C(Nc1nc2ccccc2[nH]1)c1ccc(Oc2ccc(Br)cc2)nc1. The van der Waals surface area contributed by atoms with Crippen LogP contribution >= 0.6 is 15.9 Å². The first kappa shape index (κ1) is 16.3. The number of fused-ring (bicyclic) bond motifs is 1. The van der Waals surface area contributed by atoms with Crippen LogP contribution in [0.4, 0.5) is 5.95 Å². The van der Waals surface area contributed by atoms with Crippen molar-refractivity contribution in [3.8, 4) is 11.6 Å². The Morgan fingerprint density at radius 1 is 1.04 bits per heavy atom. The Balaban J connectivity index is 1.45. The molecule has 26 heavy (non-hydrogen) atoms. The van der Waals surface area contributed by atoms with E-state index in [2.05, 4.69) is 36.2 Å². The Hall–Kier alpha value is -3.19. The lowest BCUT2D eigenvalue weighted by molar-refractivity contribution is 0.102. The summed E-state index contributed by atoms with van der Waals surface area (Å²) in [4.78, 5) is 23.9. The van der Waals surface area contributed by atoms with E-state index in [1.165, 1.54) is 6.20 Å². The Bertz CT molecular complexity index is 1030. The molecule has 0 radical (unpaired) electrons. The number of pyridine rings is 1. The van der Waals surface area contributed by atoms with Crippen molar-refractivity contribution in [2.45, 2.75) is 0 Å². The first-order valence-electron chi connectivity index (χ1n) is 7.83. The lowest BCUT2D eigenvalue weighted by Crippen LogP contribution is -2.13. The lowest BCUT2D eigenvalue weighted by Gasteiger charge is -2.06. The van der Waals surface area contributed by atoms with Crippen molar-refractivity contribution in [2.24, 2.45) is 0 Å². The quantitative estimate of drug-likeness (QED) is 0.509. The van der Waals surface area contributed by atoms with E-state index in [1.54, 1.807) is 12.1 Å². The fourth-order valence-corrected chi connectivity index (χ4v) is 2.65. The minimum Gasteiger partial charge on any atom is -0.439 e. The molecule has 4 rings (SSSR count). The molecule has 2 aromatic heterocycles. The number of ether oxygens (including phenoxy) is 1. The van der Waals surface area contributed by atoms with E-state index in [0.29, 0.717) is 23.1 Å². The van der Waals surface area contributed by atoms with Crippen molar-refractivity contribution in [3.63, 3.8) is 0 Å². The Labute approximate surface area is 157 Å². The van der Waals surface area contributed by atoms with Crippen LogP contribution in [0, 0.1) is 0 Å². The molecule has 0 bridgehead atoms. The van der Waals surface area contributed by atoms with Crippen LogP contribution in [0.25, 0.3) is 11.0 Å². The third-order valence-electron chi connectivity index (χ3n) is 3.66. The monoisotopic (exact) mass is 408 g/mol. The second-order valence-electron chi connectivity index (χ2n) is 5.50. The van der Waals surface area contributed by atoms with Crippen LogP contribution < -0.4 is 10.1 Å². The summed E-state index contributed by atoms with van der Waals surface area (Å²) >= 11 is 3.37. The number of carbonyl (C=O) groups is 1. The zero-order valence-electron chi connectivity index (χ0n) is 13.4. The van der Waals surface area contributed by atoms with Gasteiger partial charge in [0.25, 0.3) is 5.91 Å². The van der Waals surface area contributed by atoms with Crippen LogP contribution in [0.1, 0.15) is 10.4 Å². The van der Waals surface area contributed by atoms with Crippen LogP contribution in [0.2, 0.25) is 0 Å². The predicted molar refractivity (Wildman–Crippen MR) is 102 cm³/mol. The number of nitrogens with one attached hydrogen (secondary N) is 2. The third kappa shape index (κ3) is 3.57. The van der Waals surface area contributed by atoms with Gasteiger partial charge in [-0.2, -0.15) is 0 Å². The maximum atomic E-state index is 12.3. The van der Waals surface area contributed by atoms with Gasteiger partial charge in [0.2, 0.25) is 11.8 Å². The van der Waals surface area contributed by atoms with Gasteiger partial charge in [0.15, 0.2) is 0 Å². The fourth-order valence-electron chi connectivity index (χ4n) is 2.39. The van der Waals surface area contributed by atoms with Crippen LogP contribution in [0.5, 0.6) is 11.6 Å². The minimum atomic E-state index is -0.299. The molecule has 2 heterocycles. The van der Waals surface area contributed by atoms with Gasteiger partial charge in [-0.15, -0.1) is 0 Å². The molecule has 0 aliphatic rings. The molecular formula is C19H13BrN4O2. The standard InChI is InChI=1S/C19H13BrN4O2/c20-13-6-8-14(9-7-13)26-17-10-5-12(11-21-17)18(25)24-19-22-15-3-1-2-4-16(15)23-19/h1-11H,(H2,22,23,24,25). The number of imidazole rings is 1. The van der Waals surface area contributed by atoms with E-state index in [4.69, 9.17) is 4.74 Å². The van der Waals surface area contributed by atoms with E-state index < -0.39 is 0 Å². The molecular weight excluding hydrogens is 396 g/mol. The zero-order valence-corrected chi connectivity index (χ0v) is 15.0. The molecule has 0 fully saturated rings. The van der Waals surface area contributed by atoms with Crippen molar-refractivity contribution >= 4 is 38.8 Å². The molecule has 0 atom stereocenters. The highest BCUT2D eigenvalue weighted by molar-refractivity contribution is 9.10. The number of para-hydroxylation sites is 2. The molecule has 2 aromatic carbocycles. The molecule has 1 amide bonds. The molecule has 0 saturated heterocycles. The summed E-state index contributed by atoms with van der Waals surface area (Å²) in [7, 11) is 0. The molecule has 128 valence electrons. The first-order valence-corrected chi connectivity index (χ1v) is 8.62. The Kier molecular flexibility index (Phi) is 4.37. The van der Waals surface area contributed by atoms with Gasteiger partial charge in [0.05, 0.1) is 16.6 Å². The molecule has 2 N–H and O–H groups in total. The Morgan fingerprint density at radius 2 is 1.85 bits per heavy atom. The topological polar surface area (TPSA) is 79.9 Å². The van der Waals surface area contributed by atoms with Crippen molar-refractivity contribution in [1.29, 1.82) is 0 Å². The molecule has 7 heteroatoms. The number of H-pyrrole nitrogens is 1. The molecule has 0 saturated carbocycles. The number of rotatable bonds is 4. The van der Waals surface area contributed by atoms with Crippen LogP contribution in [0.3, 0.4) is 0 Å². The van der Waals surface area contributed by atoms with Crippen LogP contribution in [-0.4, -0.2) is 20.9 Å². The van der Waals surface area contributed by atoms with Crippen molar-refractivity contribution in [3.05, 3.63) is 76.9 Å². The number of hydrogen-bond acceptors (Lipinski definition) is 4. The van der Waals surface area contributed by atoms with Gasteiger partial charge >= 0.3 is 0 Å². The predicted octanol–water partition coefficient (Wildman–Crippen LogP) is 4.77. The summed E-state index contributed by atoms with van der Waals surface area (Å²) < 4.78 is 6.61. The van der Waals surface area contributed by atoms with E-state index >= 15 is 0 Å². The number of aromatic amines is 1. The van der Waals surface area contributed by atoms with Gasteiger partial charge in [0.1, 0.15) is 5.75 Å². The lowest BCUT2D eigenvalue weighted by atomic mass is 10.2. The fraction of sp³-hybridized carbons (Fsp3) is 0. The maximum Gasteiger partial charge on any atom is 0.259 e. The summed E-state index contributed by atoms with van der Waals surface area (Å²) in [5, 5.41) is 2.73. The highest BCUT2D eigenvalue weighted by Crippen LogP contribution is 2.22. The molecule has 0 aliphatic heterocycles. The normalized spacial score (nSPS) is 10.7. The highest BCUT2D eigenvalue weighted by atomic mass is 79.9. The first-order chi connectivity index (χ1) is 12.7. The van der Waals surface area contributed by atoms with Crippen molar-refractivity contribution < 1.29 is 9.53 Å². The second-order valence-corrected chi connectivity index (χ2v) is 6.41. The smallest absolute Gasteiger partial charge is 0.259 e. The molecule has 6 nitrogen and oxygen atoms in total. The number of benzene rings is 2. The van der Waals surface area contributed by atoms with Gasteiger partial charge < -0.3 is 9.72 Å². The van der Waals surface area contributed by atoms with Crippen LogP contribution in [-0.2, 0) is 0 Å². The molecule has 0 spiro atoms. The zero-order chi connectivity index (χ0) is 17.9. The summed E-state index contributed by atoms with van der Waals surface area (Å²) in [6, 6.07) is 18.3. The summed E-state index contributed by atoms with van der Waals surface area (Å²) in [6.45, 7) is 0. The molecule has 0 unspecified atom stereocenters. The van der Waals surface area contributed by atoms with Gasteiger partial charge in [-0.05, 0) is 42.5 Å². The molecule has 0 aliphatic carbocycles. The number of nitrogens with zero attached hydrogens (tertiary/aromatic N) is 2. The average Bonchev–Trinajstić information content (AvgIpc) is 3.06. The van der Waals surface area contributed by atoms with Crippen molar-refractivity contribution in [2.75, 3.05) is 5.32 Å². The molecule has 4 aromatic rings. The van der Waals surface area contributed by atoms with E-state index in [0.717, 1.165) is 15.5 Å². The van der Waals surface area contributed by atoms with Gasteiger partial charge in [-0.1, -0.05) is 28.1 Å². The number of anilines is 1. The number of carbonyl (C=O) groups excluding carboxylic acids is 1. The number of halogens is 1. The number of amides is 1.